The van der Waals surface area contributed by atoms with Gasteiger partial charge in [0.25, 0.3) is 0 Å². The number of nitrogens with one attached hydrogen (secondary N) is 1. The SMILES string of the molecule is COc1ccc(CC(=O)N[C@@H](c2ccc(C)cc2)c2cccnc2)cc1OC. The lowest BCUT2D eigenvalue weighted by Gasteiger charge is -2.20. The molecule has 2 aromatic carbocycles. The van der Waals surface area contributed by atoms with E-state index in [4.69, 9.17) is 9.47 Å². The molecule has 0 bridgehead atoms. The molecule has 28 heavy (non-hydrogen) atoms. The molecule has 0 saturated heterocycles. The van der Waals surface area contributed by atoms with Crippen molar-refractivity contribution < 1.29 is 14.3 Å². The van der Waals surface area contributed by atoms with Gasteiger partial charge in [-0.05, 0) is 41.8 Å². The van der Waals surface area contributed by atoms with Crippen LogP contribution in [0.15, 0.2) is 67.0 Å². The number of carbonyl (C=O) groups is 1. The molecule has 1 aromatic heterocycles. The number of carbonyl (C=O) groups excluding carboxylic acids is 1. The Morgan fingerprint density at radius 2 is 1.75 bits per heavy atom. The van der Waals surface area contributed by atoms with E-state index in [1.807, 2.05) is 55.5 Å². The summed E-state index contributed by atoms with van der Waals surface area (Å²) in [5.41, 5.74) is 3.97. The van der Waals surface area contributed by atoms with Gasteiger partial charge in [-0.2, -0.15) is 0 Å². The molecule has 0 fully saturated rings. The van der Waals surface area contributed by atoms with Gasteiger partial charge in [-0.3, -0.25) is 9.78 Å². The van der Waals surface area contributed by atoms with Gasteiger partial charge in [0.2, 0.25) is 5.91 Å². The van der Waals surface area contributed by atoms with Crippen LogP contribution in [0.3, 0.4) is 0 Å². The number of aryl methyl sites for hydroxylation is 1. The largest absolute Gasteiger partial charge is 0.493 e. The van der Waals surface area contributed by atoms with Crippen molar-refractivity contribution in [1.29, 1.82) is 0 Å². The van der Waals surface area contributed by atoms with Crippen molar-refractivity contribution in [2.75, 3.05) is 14.2 Å². The highest BCUT2D eigenvalue weighted by Gasteiger charge is 2.18. The van der Waals surface area contributed by atoms with Gasteiger partial charge in [0.15, 0.2) is 11.5 Å². The topological polar surface area (TPSA) is 60.5 Å². The van der Waals surface area contributed by atoms with Crippen LogP contribution in [0.2, 0.25) is 0 Å². The molecule has 0 unspecified atom stereocenters. The Balaban J connectivity index is 1.81. The first-order valence-electron chi connectivity index (χ1n) is 9.07. The minimum atomic E-state index is -0.262. The summed E-state index contributed by atoms with van der Waals surface area (Å²) in [6.07, 6.45) is 3.74. The van der Waals surface area contributed by atoms with Crippen molar-refractivity contribution in [2.24, 2.45) is 0 Å². The third-order valence-electron chi connectivity index (χ3n) is 4.55. The predicted molar refractivity (Wildman–Crippen MR) is 109 cm³/mol. The lowest BCUT2D eigenvalue weighted by atomic mass is 9.98. The Morgan fingerprint density at radius 1 is 1.00 bits per heavy atom. The van der Waals surface area contributed by atoms with E-state index >= 15 is 0 Å². The molecule has 1 N–H and O–H groups in total. The monoisotopic (exact) mass is 376 g/mol. The number of hydrogen-bond acceptors (Lipinski definition) is 4. The second-order valence-corrected chi connectivity index (χ2v) is 6.56. The first-order chi connectivity index (χ1) is 13.6. The summed E-state index contributed by atoms with van der Waals surface area (Å²) in [7, 11) is 3.17. The molecule has 144 valence electrons. The molecule has 0 aliphatic carbocycles. The average molecular weight is 376 g/mol. The fourth-order valence-electron chi connectivity index (χ4n) is 3.05. The molecule has 1 atom stereocenters. The van der Waals surface area contributed by atoms with Crippen molar-refractivity contribution >= 4 is 5.91 Å². The highest BCUT2D eigenvalue weighted by Crippen LogP contribution is 2.28. The van der Waals surface area contributed by atoms with Gasteiger partial charge in [-0.1, -0.05) is 42.0 Å². The highest BCUT2D eigenvalue weighted by atomic mass is 16.5. The third kappa shape index (κ3) is 4.68. The third-order valence-corrected chi connectivity index (χ3v) is 4.55. The molecule has 3 aromatic rings. The van der Waals surface area contributed by atoms with E-state index in [1.54, 1.807) is 32.7 Å². The Labute approximate surface area is 165 Å². The molecular formula is C23H24N2O3. The van der Waals surface area contributed by atoms with Gasteiger partial charge in [0.1, 0.15) is 0 Å². The minimum Gasteiger partial charge on any atom is -0.493 e. The summed E-state index contributed by atoms with van der Waals surface area (Å²) in [5, 5.41) is 3.13. The summed E-state index contributed by atoms with van der Waals surface area (Å²) in [6.45, 7) is 2.04. The van der Waals surface area contributed by atoms with E-state index in [2.05, 4.69) is 10.3 Å². The number of pyridine rings is 1. The van der Waals surface area contributed by atoms with Crippen molar-refractivity contribution in [3.05, 3.63) is 89.2 Å². The second-order valence-electron chi connectivity index (χ2n) is 6.56. The van der Waals surface area contributed by atoms with Gasteiger partial charge < -0.3 is 14.8 Å². The zero-order valence-corrected chi connectivity index (χ0v) is 16.3. The zero-order chi connectivity index (χ0) is 19.9. The number of methoxy groups -OCH3 is 2. The van der Waals surface area contributed by atoms with E-state index in [0.29, 0.717) is 11.5 Å². The van der Waals surface area contributed by atoms with Crippen LogP contribution in [-0.4, -0.2) is 25.1 Å². The fourth-order valence-corrected chi connectivity index (χ4v) is 3.05. The second kappa shape index (κ2) is 9.04. The quantitative estimate of drug-likeness (QED) is 0.680. The molecule has 3 rings (SSSR count). The Hall–Kier alpha value is -3.34. The first kappa shape index (κ1) is 19.4. The number of nitrogens with zero attached hydrogens (tertiary/aromatic N) is 1. The molecule has 0 saturated carbocycles. The van der Waals surface area contributed by atoms with Crippen molar-refractivity contribution in [3.8, 4) is 11.5 Å². The van der Waals surface area contributed by atoms with Crippen LogP contribution in [0.4, 0.5) is 0 Å². The van der Waals surface area contributed by atoms with E-state index in [0.717, 1.165) is 16.7 Å². The standard InChI is InChI=1S/C23H24N2O3/c1-16-6-9-18(10-7-16)23(19-5-4-12-24-15-19)25-22(26)14-17-8-11-20(27-2)21(13-17)28-3/h4-13,15,23H,14H2,1-3H3,(H,25,26)/t23-/m0/s1. The van der Waals surface area contributed by atoms with Gasteiger partial charge in [0, 0.05) is 12.4 Å². The van der Waals surface area contributed by atoms with Crippen LogP contribution >= 0.6 is 0 Å². The molecular weight excluding hydrogens is 352 g/mol. The summed E-state index contributed by atoms with van der Waals surface area (Å²) >= 11 is 0. The normalized spacial score (nSPS) is 11.5. The Morgan fingerprint density at radius 3 is 2.39 bits per heavy atom. The van der Waals surface area contributed by atoms with E-state index < -0.39 is 0 Å². The van der Waals surface area contributed by atoms with Gasteiger partial charge in [-0.15, -0.1) is 0 Å². The number of rotatable bonds is 7. The zero-order valence-electron chi connectivity index (χ0n) is 16.3. The summed E-state index contributed by atoms with van der Waals surface area (Å²) in [5.74, 6) is 1.16. The summed E-state index contributed by atoms with van der Waals surface area (Å²) in [4.78, 5) is 17.0. The number of hydrogen-bond donors (Lipinski definition) is 1. The summed E-state index contributed by atoms with van der Waals surface area (Å²) < 4.78 is 10.6. The predicted octanol–water partition coefficient (Wildman–Crippen LogP) is 3.86. The molecule has 5 heteroatoms. The average Bonchev–Trinajstić information content (AvgIpc) is 2.73. The van der Waals surface area contributed by atoms with Crippen LogP contribution in [0.5, 0.6) is 11.5 Å². The Bertz CT molecular complexity index is 924. The number of benzene rings is 2. The van der Waals surface area contributed by atoms with E-state index in [-0.39, 0.29) is 18.4 Å². The highest BCUT2D eigenvalue weighted by molar-refractivity contribution is 5.79. The van der Waals surface area contributed by atoms with Crippen LogP contribution in [0.1, 0.15) is 28.3 Å². The number of aromatic nitrogens is 1. The molecule has 1 amide bonds. The van der Waals surface area contributed by atoms with E-state index in [9.17, 15) is 4.79 Å². The first-order valence-corrected chi connectivity index (χ1v) is 9.07. The van der Waals surface area contributed by atoms with Crippen molar-refractivity contribution in [2.45, 2.75) is 19.4 Å². The van der Waals surface area contributed by atoms with Crippen LogP contribution in [0, 0.1) is 6.92 Å². The molecule has 0 spiro atoms. The van der Waals surface area contributed by atoms with Gasteiger partial charge in [-0.25, -0.2) is 0 Å². The fraction of sp³-hybridized carbons (Fsp3) is 0.217. The maximum atomic E-state index is 12.8. The summed E-state index contributed by atoms with van der Waals surface area (Å²) in [6, 6.07) is 17.2. The van der Waals surface area contributed by atoms with E-state index in [1.165, 1.54) is 5.56 Å². The number of amides is 1. The van der Waals surface area contributed by atoms with Crippen LogP contribution in [-0.2, 0) is 11.2 Å². The van der Waals surface area contributed by atoms with Crippen LogP contribution < -0.4 is 14.8 Å². The molecule has 0 aliphatic rings. The number of ether oxygens (including phenoxy) is 2. The minimum absolute atomic E-state index is 0.0818. The van der Waals surface area contributed by atoms with Gasteiger partial charge >= 0.3 is 0 Å². The lowest BCUT2D eigenvalue weighted by molar-refractivity contribution is -0.120. The van der Waals surface area contributed by atoms with Crippen LogP contribution in [0.25, 0.3) is 0 Å². The molecule has 1 heterocycles. The molecule has 0 aliphatic heterocycles. The Kier molecular flexibility index (Phi) is 6.27. The maximum Gasteiger partial charge on any atom is 0.225 e. The van der Waals surface area contributed by atoms with Crippen molar-refractivity contribution in [1.82, 2.24) is 10.3 Å². The molecule has 0 radical (unpaired) electrons. The van der Waals surface area contributed by atoms with Crippen molar-refractivity contribution in [3.63, 3.8) is 0 Å². The molecule has 5 nitrogen and oxygen atoms in total. The van der Waals surface area contributed by atoms with Gasteiger partial charge in [0.05, 0.1) is 26.7 Å². The smallest absolute Gasteiger partial charge is 0.225 e. The maximum absolute atomic E-state index is 12.8. The lowest BCUT2D eigenvalue weighted by Crippen LogP contribution is -2.30.